The number of rotatable bonds is 5. The van der Waals surface area contributed by atoms with Crippen LogP contribution in [0.5, 0.6) is 11.5 Å². The van der Waals surface area contributed by atoms with E-state index in [0.29, 0.717) is 24.7 Å². The third-order valence-corrected chi connectivity index (χ3v) is 3.96. The highest BCUT2D eigenvalue weighted by molar-refractivity contribution is 5.79. The second-order valence-electron chi connectivity index (χ2n) is 5.79. The van der Waals surface area contributed by atoms with Crippen molar-refractivity contribution in [2.24, 2.45) is 0 Å². The van der Waals surface area contributed by atoms with Gasteiger partial charge in [-0.25, -0.2) is 0 Å². The molecule has 1 heterocycles. The SMILES string of the molecule is CC(NC(=O)Cc1ccc([N+](=O)[O-])cc1)c1ccc2c(c1)OCCO2. The van der Waals surface area contributed by atoms with E-state index in [4.69, 9.17) is 9.47 Å². The number of amides is 1. The number of carbonyl (C=O) groups excluding carboxylic acids is 1. The highest BCUT2D eigenvalue weighted by Crippen LogP contribution is 2.32. The van der Waals surface area contributed by atoms with Crippen LogP contribution >= 0.6 is 0 Å². The van der Waals surface area contributed by atoms with Gasteiger partial charge in [0.2, 0.25) is 5.91 Å². The molecule has 0 aliphatic carbocycles. The highest BCUT2D eigenvalue weighted by atomic mass is 16.6. The molecule has 1 unspecified atom stereocenters. The standard InChI is InChI=1S/C18H18N2O5/c1-12(14-4-7-16-17(11-14)25-9-8-24-16)19-18(21)10-13-2-5-15(6-3-13)20(22)23/h2-7,11-12H,8-10H2,1H3,(H,19,21). The van der Waals surface area contributed by atoms with Crippen LogP contribution in [0.25, 0.3) is 0 Å². The van der Waals surface area contributed by atoms with Gasteiger partial charge in [0.25, 0.3) is 5.69 Å². The Morgan fingerprint density at radius 3 is 2.52 bits per heavy atom. The number of nitrogens with zero attached hydrogens (tertiary/aromatic N) is 1. The second kappa shape index (κ2) is 7.21. The number of benzene rings is 2. The summed E-state index contributed by atoms with van der Waals surface area (Å²) in [5.41, 5.74) is 1.65. The average Bonchev–Trinajstić information content (AvgIpc) is 2.61. The molecule has 2 aromatic rings. The van der Waals surface area contributed by atoms with Gasteiger partial charge in [-0.3, -0.25) is 14.9 Å². The minimum Gasteiger partial charge on any atom is -0.486 e. The number of hydrogen-bond donors (Lipinski definition) is 1. The predicted molar refractivity (Wildman–Crippen MR) is 90.8 cm³/mol. The maximum atomic E-state index is 12.2. The van der Waals surface area contributed by atoms with E-state index in [-0.39, 0.29) is 24.1 Å². The van der Waals surface area contributed by atoms with Gasteiger partial charge < -0.3 is 14.8 Å². The number of non-ortho nitro benzene ring substituents is 1. The number of ether oxygens (including phenoxy) is 2. The molecular weight excluding hydrogens is 324 g/mol. The van der Waals surface area contributed by atoms with Crippen LogP contribution in [0.3, 0.4) is 0 Å². The molecule has 0 radical (unpaired) electrons. The van der Waals surface area contributed by atoms with E-state index < -0.39 is 4.92 Å². The smallest absolute Gasteiger partial charge is 0.269 e. The van der Waals surface area contributed by atoms with Crippen molar-refractivity contribution in [3.05, 3.63) is 63.7 Å². The first-order chi connectivity index (χ1) is 12.0. The van der Waals surface area contributed by atoms with Crippen LogP contribution in [0.1, 0.15) is 24.1 Å². The maximum Gasteiger partial charge on any atom is 0.269 e. The van der Waals surface area contributed by atoms with Gasteiger partial charge in [0.1, 0.15) is 13.2 Å². The summed E-state index contributed by atoms with van der Waals surface area (Å²) >= 11 is 0. The molecule has 7 heteroatoms. The molecular formula is C18H18N2O5. The predicted octanol–water partition coefficient (Wildman–Crippen LogP) is 2.79. The van der Waals surface area contributed by atoms with Gasteiger partial charge in [0.15, 0.2) is 11.5 Å². The third-order valence-electron chi connectivity index (χ3n) is 3.96. The van der Waals surface area contributed by atoms with E-state index in [1.54, 1.807) is 12.1 Å². The van der Waals surface area contributed by atoms with Crippen molar-refractivity contribution in [2.45, 2.75) is 19.4 Å². The number of hydrogen-bond acceptors (Lipinski definition) is 5. The van der Waals surface area contributed by atoms with E-state index in [1.165, 1.54) is 12.1 Å². The first-order valence-corrected chi connectivity index (χ1v) is 7.95. The quantitative estimate of drug-likeness (QED) is 0.666. The lowest BCUT2D eigenvalue weighted by Crippen LogP contribution is -2.28. The van der Waals surface area contributed by atoms with E-state index in [2.05, 4.69) is 5.32 Å². The molecule has 1 amide bonds. The summed E-state index contributed by atoms with van der Waals surface area (Å²) in [4.78, 5) is 22.4. The molecule has 25 heavy (non-hydrogen) atoms. The minimum absolute atomic E-state index is 0.00815. The van der Waals surface area contributed by atoms with Gasteiger partial charge in [-0.15, -0.1) is 0 Å². The summed E-state index contributed by atoms with van der Waals surface area (Å²) < 4.78 is 11.0. The van der Waals surface area contributed by atoms with Crippen molar-refractivity contribution in [1.82, 2.24) is 5.32 Å². The second-order valence-corrected chi connectivity index (χ2v) is 5.79. The molecule has 1 aliphatic heterocycles. The minimum atomic E-state index is -0.464. The molecule has 1 atom stereocenters. The van der Waals surface area contributed by atoms with Gasteiger partial charge >= 0.3 is 0 Å². The summed E-state index contributed by atoms with van der Waals surface area (Å²) in [5.74, 6) is 1.23. The number of nitro benzene ring substituents is 1. The summed E-state index contributed by atoms with van der Waals surface area (Å²) in [6.45, 7) is 2.93. The number of carbonyl (C=O) groups is 1. The van der Waals surface area contributed by atoms with Gasteiger partial charge in [-0.2, -0.15) is 0 Å². The zero-order valence-electron chi connectivity index (χ0n) is 13.7. The van der Waals surface area contributed by atoms with Crippen LogP contribution < -0.4 is 14.8 Å². The van der Waals surface area contributed by atoms with Crippen molar-refractivity contribution < 1.29 is 19.2 Å². The molecule has 0 saturated carbocycles. The summed E-state index contributed by atoms with van der Waals surface area (Å²) in [7, 11) is 0. The Bertz CT molecular complexity index is 789. The first-order valence-electron chi connectivity index (χ1n) is 7.95. The summed E-state index contributed by atoms with van der Waals surface area (Å²) in [5, 5.41) is 13.6. The van der Waals surface area contributed by atoms with Crippen molar-refractivity contribution >= 4 is 11.6 Å². The lowest BCUT2D eigenvalue weighted by Gasteiger charge is -2.21. The lowest BCUT2D eigenvalue weighted by atomic mass is 10.1. The van der Waals surface area contributed by atoms with Crippen molar-refractivity contribution in [1.29, 1.82) is 0 Å². The fraction of sp³-hybridized carbons (Fsp3) is 0.278. The zero-order chi connectivity index (χ0) is 17.8. The monoisotopic (exact) mass is 342 g/mol. The van der Waals surface area contributed by atoms with Crippen LogP contribution in [0.2, 0.25) is 0 Å². The number of nitrogens with one attached hydrogen (secondary N) is 1. The Morgan fingerprint density at radius 1 is 1.16 bits per heavy atom. The van der Waals surface area contributed by atoms with Gasteiger partial charge in [0.05, 0.1) is 17.4 Å². The van der Waals surface area contributed by atoms with Crippen LogP contribution in [-0.4, -0.2) is 24.0 Å². The first kappa shape index (κ1) is 16.8. The van der Waals surface area contributed by atoms with Crippen LogP contribution in [0, 0.1) is 10.1 Å². The number of fused-ring (bicyclic) bond motifs is 1. The van der Waals surface area contributed by atoms with Crippen molar-refractivity contribution in [3.8, 4) is 11.5 Å². The Hall–Kier alpha value is -3.09. The molecule has 0 aromatic heterocycles. The van der Waals surface area contributed by atoms with Gasteiger partial charge in [-0.1, -0.05) is 18.2 Å². The van der Waals surface area contributed by atoms with Crippen molar-refractivity contribution in [2.75, 3.05) is 13.2 Å². The van der Waals surface area contributed by atoms with E-state index >= 15 is 0 Å². The zero-order valence-corrected chi connectivity index (χ0v) is 13.7. The summed E-state index contributed by atoms with van der Waals surface area (Å²) in [6, 6.07) is 11.4. The maximum absolute atomic E-state index is 12.2. The van der Waals surface area contributed by atoms with E-state index in [1.807, 2.05) is 25.1 Å². The van der Waals surface area contributed by atoms with Gasteiger partial charge in [-0.05, 0) is 30.2 Å². The van der Waals surface area contributed by atoms with Crippen LogP contribution in [0.15, 0.2) is 42.5 Å². The van der Waals surface area contributed by atoms with E-state index in [0.717, 1.165) is 11.1 Å². The largest absolute Gasteiger partial charge is 0.486 e. The molecule has 130 valence electrons. The molecule has 1 aliphatic rings. The fourth-order valence-corrected chi connectivity index (χ4v) is 2.63. The molecule has 0 fully saturated rings. The Kier molecular flexibility index (Phi) is 4.83. The van der Waals surface area contributed by atoms with Gasteiger partial charge in [0, 0.05) is 12.1 Å². The third kappa shape index (κ3) is 4.06. The molecule has 1 N–H and O–H groups in total. The fourth-order valence-electron chi connectivity index (χ4n) is 2.63. The molecule has 2 aromatic carbocycles. The molecule has 7 nitrogen and oxygen atoms in total. The van der Waals surface area contributed by atoms with Crippen molar-refractivity contribution in [3.63, 3.8) is 0 Å². The topological polar surface area (TPSA) is 90.7 Å². The number of nitro groups is 1. The van der Waals surface area contributed by atoms with Crippen LogP contribution in [-0.2, 0) is 11.2 Å². The lowest BCUT2D eigenvalue weighted by molar-refractivity contribution is -0.384. The Balaban J connectivity index is 1.61. The van der Waals surface area contributed by atoms with E-state index in [9.17, 15) is 14.9 Å². The molecule has 0 spiro atoms. The Labute approximate surface area is 144 Å². The molecule has 3 rings (SSSR count). The normalized spacial score (nSPS) is 13.8. The molecule has 0 bridgehead atoms. The highest BCUT2D eigenvalue weighted by Gasteiger charge is 2.16. The Morgan fingerprint density at radius 2 is 1.84 bits per heavy atom. The average molecular weight is 342 g/mol. The summed E-state index contributed by atoms with van der Waals surface area (Å²) in [6.07, 6.45) is 0.160. The molecule has 0 saturated heterocycles. The van der Waals surface area contributed by atoms with Crippen LogP contribution in [0.4, 0.5) is 5.69 Å².